The fraction of sp³-hybridized carbons (Fsp3) is 1.00. The van der Waals surface area contributed by atoms with E-state index in [9.17, 15) is 0 Å². The van der Waals surface area contributed by atoms with Crippen LogP contribution in [0.4, 0.5) is 0 Å². The van der Waals surface area contributed by atoms with Crippen molar-refractivity contribution in [3.05, 3.63) is 0 Å². The Hall–Kier alpha value is -0.200. The normalized spacial score (nSPS) is 17.0. The first-order chi connectivity index (χ1) is 5.45. The van der Waals surface area contributed by atoms with Gasteiger partial charge in [-0.25, -0.2) is 0 Å². The van der Waals surface area contributed by atoms with Gasteiger partial charge in [-0.05, 0) is 13.8 Å². The van der Waals surface area contributed by atoms with Crippen molar-refractivity contribution in [3.63, 3.8) is 0 Å². The first kappa shape index (κ1) is 11.8. The number of aliphatic hydroxyl groups excluding tert-OH is 3. The molecule has 0 rings (SSSR count). The van der Waals surface area contributed by atoms with Crippen LogP contribution in [0.1, 0.15) is 20.3 Å². The van der Waals surface area contributed by atoms with Crippen LogP contribution < -0.4 is 0 Å². The summed E-state index contributed by atoms with van der Waals surface area (Å²) in [5, 5.41) is 35.3. The lowest BCUT2D eigenvalue weighted by atomic mass is 10.3. The number of nitrogens with zero attached hydrogens (tertiary/aromatic N) is 1. The molecule has 0 bridgehead atoms. The average Bonchev–Trinajstić information content (AvgIpc) is 1.84. The van der Waals surface area contributed by atoms with Crippen LogP contribution in [-0.2, 0) is 0 Å². The third kappa shape index (κ3) is 4.63. The molecule has 0 heterocycles. The Labute approximate surface area is 71.9 Å². The van der Waals surface area contributed by atoms with Gasteiger partial charge in [-0.1, -0.05) is 0 Å². The molecule has 0 aromatic rings. The highest BCUT2D eigenvalue weighted by molar-refractivity contribution is 4.59. The summed E-state index contributed by atoms with van der Waals surface area (Å²) in [6.07, 6.45) is -2.87. The molecular formula is C7H17NO4. The van der Waals surface area contributed by atoms with Gasteiger partial charge >= 0.3 is 0 Å². The number of hydrogen-bond acceptors (Lipinski definition) is 5. The maximum absolute atomic E-state index is 9.10. The van der Waals surface area contributed by atoms with Crippen LogP contribution in [-0.4, -0.2) is 50.6 Å². The highest BCUT2D eigenvalue weighted by Gasteiger charge is 2.16. The van der Waals surface area contributed by atoms with Gasteiger partial charge in [0.15, 0.2) is 6.29 Å². The van der Waals surface area contributed by atoms with Crippen LogP contribution in [0.5, 0.6) is 0 Å². The SMILES string of the molecule is CC(O)N(CCC(O)O)C(C)O. The molecule has 0 aliphatic heterocycles. The first-order valence-corrected chi connectivity index (χ1v) is 3.93. The molecule has 0 aliphatic rings. The van der Waals surface area contributed by atoms with Gasteiger partial charge in [0.05, 0.1) is 0 Å². The second-order valence-electron chi connectivity index (χ2n) is 2.77. The Kier molecular flexibility index (Phi) is 5.36. The van der Waals surface area contributed by atoms with Crippen LogP contribution >= 0.6 is 0 Å². The van der Waals surface area contributed by atoms with Crippen molar-refractivity contribution >= 4 is 0 Å². The molecule has 4 N–H and O–H groups in total. The van der Waals surface area contributed by atoms with E-state index in [-0.39, 0.29) is 13.0 Å². The van der Waals surface area contributed by atoms with Gasteiger partial charge < -0.3 is 20.4 Å². The summed E-state index contributed by atoms with van der Waals surface area (Å²) < 4.78 is 0. The minimum absolute atomic E-state index is 0.107. The molecule has 74 valence electrons. The van der Waals surface area contributed by atoms with Crippen LogP contribution in [0.2, 0.25) is 0 Å². The summed E-state index contributed by atoms with van der Waals surface area (Å²) in [4.78, 5) is 1.35. The van der Waals surface area contributed by atoms with Crippen LogP contribution in [0.15, 0.2) is 0 Å². The van der Waals surface area contributed by atoms with Gasteiger partial charge in [0.25, 0.3) is 0 Å². The summed E-state index contributed by atoms with van der Waals surface area (Å²) in [7, 11) is 0. The maximum atomic E-state index is 9.10. The Morgan fingerprint density at radius 2 is 1.42 bits per heavy atom. The summed E-state index contributed by atoms with van der Waals surface area (Å²) >= 11 is 0. The minimum Gasteiger partial charge on any atom is -0.379 e. The summed E-state index contributed by atoms with van der Waals surface area (Å²) in [6, 6.07) is 0. The molecule has 0 spiro atoms. The van der Waals surface area contributed by atoms with Gasteiger partial charge in [-0.15, -0.1) is 0 Å². The third-order valence-electron chi connectivity index (χ3n) is 1.61. The average molecular weight is 179 g/mol. The number of aliphatic hydroxyl groups is 4. The standard InChI is InChI=1S/C7H17NO4/c1-5(9)8(6(2)10)4-3-7(11)12/h5-7,9-12H,3-4H2,1-2H3. The summed E-state index contributed by atoms with van der Waals surface area (Å²) in [6.45, 7) is 3.26. The lowest BCUT2D eigenvalue weighted by Crippen LogP contribution is -2.41. The Morgan fingerprint density at radius 3 is 1.67 bits per heavy atom. The van der Waals surface area contributed by atoms with E-state index in [4.69, 9.17) is 20.4 Å². The minimum atomic E-state index is -1.40. The largest absolute Gasteiger partial charge is 0.379 e. The van der Waals surface area contributed by atoms with Crippen molar-refractivity contribution in [1.29, 1.82) is 0 Å². The Balaban J connectivity index is 3.80. The molecular weight excluding hydrogens is 162 g/mol. The van der Waals surface area contributed by atoms with Gasteiger partial charge in [0.1, 0.15) is 12.5 Å². The molecule has 5 nitrogen and oxygen atoms in total. The Bertz CT molecular complexity index is 108. The van der Waals surface area contributed by atoms with E-state index in [0.717, 1.165) is 0 Å². The second kappa shape index (κ2) is 5.45. The molecule has 0 saturated carbocycles. The zero-order chi connectivity index (χ0) is 9.72. The fourth-order valence-electron chi connectivity index (χ4n) is 0.950. The highest BCUT2D eigenvalue weighted by Crippen LogP contribution is 2.02. The number of rotatable bonds is 5. The highest BCUT2D eigenvalue weighted by atomic mass is 16.5. The van der Waals surface area contributed by atoms with Crippen molar-refractivity contribution in [2.75, 3.05) is 6.54 Å². The fourth-order valence-corrected chi connectivity index (χ4v) is 0.950. The van der Waals surface area contributed by atoms with E-state index in [0.29, 0.717) is 0 Å². The molecule has 0 saturated heterocycles. The molecule has 0 amide bonds. The third-order valence-corrected chi connectivity index (χ3v) is 1.61. The van der Waals surface area contributed by atoms with E-state index in [1.54, 1.807) is 0 Å². The molecule has 5 heteroatoms. The van der Waals surface area contributed by atoms with Crippen LogP contribution in [0, 0.1) is 0 Å². The van der Waals surface area contributed by atoms with Gasteiger partial charge in [-0.3, -0.25) is 4.90 Å². The lowest BCUT2D eigenvalue weighted by molar-refractivity contribution is -0.106. The van der Waals surface area contributed by atoms with Crippen LogP contribution in [0.3, 0.4) is 0 Å². The van der Waals surface area contributed by atoms with Gasteiger partial charge in [0.2, 0.25) is 0 Å². The van der Waals surface area contributed by atoms with E-state index in [1.165, 1.54) is 18.7 Å². The molecule has 0 aromatic carbocycles. The zero-order valence-corrected chi connectivity index (χ0v) is 7.38. The predicted octanol–water partition coefficient (Wildman–Crippen LogP) is -1.33. The van der Waals surface area contributed by atoms with E-state index >= 15 is 0 Å². The summed E-state index contributed by atoms with van der Waals surface area (Å²) in [5.41, 5.74) is 0. The number of hydrogen-bond donors (Lipinski definition) is 4. The molecule has 0 aliphatic carbocycles. The quantitative estimate of drug-likeness (QED) is 0.393. The molecule has 0 aromatic heterocycles. The monoisotopic (exact) mass is 179 g/mol. The maximum Gasteiger partial charge on any atom is 0.152 e. The molecule has 0 radical (unpaired) electrons. The van der Waals surface area contributed by atoms with Crippen molar-refractivity contribution in [3.8, 4) is 0 Å². The van der Waals surface area contributed by atoms with Crippen LogP contribution in [0.25, 0.3) is 0 Å². The van der Waals surface area contributed by atoms with E-state index in [1.807, 2.05) is 0 Å². The van der Waals surface area contributed by atoms with Crippen molar-refractivity contribution in [2.45, 2.75) is 39.0 Å². The molecule has 2 unspecified atom stereocenters. The second-order valence-corrected chi connectivity index (χ2v) is 2.77. The lowest BCUT2D eigenvalue weighted by Gasteiger charge is -2.28. The topological polar surface area (TPSA) is 84.2 Å². The Morgan fingerprint density at radius 1 is 1.00 bits per heavy atom. The molecule has 12 heavy (non-hydrogen) atoms. The first-order valence-electron chi connectivity index (χ1n) is 3.93. The van der Waals surface area contributed by atoms with E-state index < -0.39 is 18.7 Å². The zero-order valence-electron chi connectivity index (χ0n) is 7.38. The van der Waals surface area contributed by atoms with E-state index in [2.05, 4.69) is 0 Å². The molecule has 0 fully saturated rings. The van der Waals surface area contributed by atoms with Crippen molar-refractivity contribution in [1.82, 2.24) is 4.90 Å². The van der Waals surface area contributed by atoms with Crippen molar-refractivity contribution < 1.29 is 20.4 Å². The predicted molar refractivity (Wildman–Crippen MR) is 42.9 cm³/mol. The molecule has 2 atom stereocenters. The van der Waals surface area contributed by atoms with Gasteiger partial charge in [-0.2, -0.15) is 0 Å². The smallest absolute Gasteiger partial charge is 0.152 e. The van der Waals surface area contributed by atoms with Crippen molar-refractivity contribution in [2.24, 2.45) is 0 Å². The van der Waals surface area contributed by atoms with Gasteiger partial charge in [0, 0.05) is 13.0 Å². The summed E-state index contributed by atoms with van der Waals surface area (Å²) in [5.74, 6) is 0.